The van der Waals surface area contributed by atoms with E-state index in [1.165, 1.54) is 18.4 Å². The number of hydrogen-bond acceptors (Lipinski definition) is 1. The van der Waals surface area contributed by atoms with Crippen LogP contribution in [-0.2, 0) is 11.3 Å². The van der Waals surface area contributed by atoms with Crippen molar-refractivity contribution in [1.29, 1.82) is 0 Å². The Morgan fingerprint density at radius 3 is 2.57 bits per heavy atom. The van der Waals surface area contributed by atoms with Crippen molar-refractivity contribution in [3.8, 4) is 0 Å². The Morgan fingerprint density at radius 2 is 1.91 bits per heavy atom. The summed E-state index contributed by atoms with van der Waals surface area (Å²) in [6.45, 7) is 7.44. The number of rotatable bonds is 3. The molecule has 1 amide bonds. The van der Waals surface area contributed by atoms with Gasteiger partial charge >= 0.3 is 0 Å². The van der Waals surface area contributed by atoms with E-state index in [0.29, 0.717) is 11.8 Å². The smallest absolute Gasteiger partial charge is 0.226 e. The lowest BCUT2D eigenvalue weighted by Crippen LogP contribution is -3.11. The van der Waals surface area contributed by atoms with Crippen molar-refractivity contribution in [3.05, 3.63) is 34.9 Å². The molecule has 0 radical (unpaired) electrons. The molecule has 0 spiro atoms. The minimum absolute atomic E-state index is 0.259. The van der Waals surface area contributed by atoms with Crippen LogP contribution in [-0.4, -0.2) is 37.0 Å². The number of nitrogens with zero attached hydrogens (tertiary/aromatic N) is 1. The van der Waals surface area contributed by atoms with E-state index < -0.39 is 0 Å². The fourth-order valence-corrected chi connectivity index (χ4v) is 4.11. The first-order valence-electron chi connectivity index (χ1n) is 8.98. The first-order chi connectivity index (χ1) is 11.1. The van der Waals surface area contributed by atoms with Gasteiger partial charge in [0.05, 0.1) is 13.1 Å². The lowest BCUT2D eigenvalue weighted by Gasteiger charge is -2.36. The van der Waals surface area contributed by atoms with Gasteiger partial charge in [-0.3, -0.25) is 4.79 Å². The summed E-state index contributed by atoms with van der Waals surface area (Å²) in [6.07, 6.45) is 4.51. The first kappa shape index (κ1) is 16.8. The van der Waals surface area contributed by atoms with Crippen LogP contribution >= 0.6 is 11.6 Å². The maximum atomic E-state index is 12.7. The molecule has 1 aromatic carbocycles. The number of carbonyl (C=O) groups excluding carboxylic acids is 1. The molecule has 1 aromatic rings. The molecule has 0 saturated carbocycles. The maximum Gasteiger partial charge on any atom is 0.226 e. The zero-order valence-corrected chi connectivity index (χ0v) is 14.8. The molecule has 1 N–H and O–H groups in total. The summed E-state index contributed by atoms with van der Waals surface area (Å²) < 4.78 is 0. The van der Waals surface area contributed by atoms with Gasteiger partial charge in [0.1, 0.15) is 6.54 Å². The molecule has 2 saturated heterocycles. The van der Waals surface area contributed by atoms with Gasteiger partial charge in [-0.2, -0.15) is 0 Å². The highest BCUT2D eigenvalue weighted by Crippen LogP contribution is 2.20. The van der Waals surface area contributed by atoms with Crippen LogP contribution in [0.1, 0.15) is 38.2 Å². The fourth-order valence-electron chi connectivity index (χ4n) is 3.99. The van der Waals surface area contributed by atoms with E-state index in [2.05, 4.69) is 24.0 Å². The predicted molar refractivity (Wildman–Crippen MR) is 93.6 cm³/mol. The van der Waals surface area contributed by atoms with Crippen LogP contribution in [0.25, 0.3) is 0 Å². The average Bonchev–Trinajstić information content (AvgIpc) is 2.57. The first-order valence-corrected chi connectivity index (χ1v) is 9.36. The lowest BCUT2D eigenvalue weighted by molar-refractivity contribution is -0.919. The maximum absolute atomic E-state index is 12.7. The van der Waals surface area contributed by atoms with Gasteiger partial charge in [-0.05, 0) is 30.9 Å². The highest BCUT2D eigenvalue weighted by molar-refractivity contribution is 6.30. The van der Waals surface area contributed by atoms with Crippen LogP contribution in [0.2, 0.25) is 5.02 Å². The Balaban J connectivity index is 1.48. The van der Waals surface area contributed by atoms with Crippen LogP contribution in [0, 0.1) is 11.8 Å². The molecule has 0 aliphatic carbocycles. The van der Waals surface area contributed by atoms with Gasteiger partial charge in [-0.1, -0.05) is 30.7 Å². The van der Waals surface area contributed by atoms with Gasteiger partial charge in [-0.15, -0.1) is 0 Å². The average molecular weight is 336 g/mol. The number of halogens is 1. The number of benzene rings is 1. The largest absolute Gasteiger partial charge is 0.342 e. The molecule has 1 atom stereocenters. The van der Waals surface area contributed by atoms with Crippen LogP contribution in [0.3, 0.4) is 0 Å². The van der Waals surface area contributed by atoms with Gasteiger partial charge in [0.2, 0.25) is 5.91 Å². The lowest BCUT2D eigenvalue weighted by atomic mass is 9.92. The van der Waals surface area contributed by atoms with Gasteiger partial charge in [0.25, 0.3) is 0 Å². The normalized spacial score (nSPS) is 28.6. The van der Waals surface area contributed by atoms with Crippen molar-refractivity contribution in [1.82, 2.24) is 4.90 Å². The van der Waals surface area contributed by atoms with E-state index in [1.807, 2.05) is 12.1 Å². The van der Waals surface area contributed by atoms with E-state index in [-0.39, 0.29) is 5.92 Å². The molecular weight excluding hydrogens is 308 g/mol. The van der Waals surface area contributed by atoms with E-state index in [0.717, 1.165) is 50.6 Å². The third kappa shape index (κ3) is 4.48. The Bertz CT molecular complexity index is 523. The third-order valence-corrected chi connectivity index (χ3v) is 5.63. The number of likely N-dealkylation sites (tertiary alicyclic amines) is 2. The van der Waals surface area contributed by atoms with Crippen molar-refractivity contribution in [2.24, 2.45) is 11.8 Å². The minimum atomic E-state index is 0.259. The standard InChI is InChI=1S/C19H27ClN2O/c1-15-3-2-10-22(13-15)19(23)17-8-11-21(12-9-17)14-16-4-6-18(20)7-5-16/h4-7,15,17H,2-3,8-14H2,1H3/p+1/t15-/m0/s1. The zero-order chi connectivity index (χ0) is 16.2. The Morgan fingerprint density at radius 1 is 1.22 bits per heavy atom. The highest BCUT2D eigenvalue weighted by Gasteiger charge is 2.32. The summed E-state index contributed by atoms with van der Waals surface area (Å²) in [4.78, 5) is 16.4. The highest BCUT2D eigenvalue weighted by atomic mass is 35.5. The Hall–Kier alpha value is -1.06. The topological polar surface area (TPSA) is 24.8 Å². The van der Waals surface area contributed by atoms with Crippen molar-refractivity contribution in [2.75, 3.05) is 26.2 Å². The molecule has 126 valence electrons. The minimum Gasteiger partial charge on any atom is -0.342 e. The number of piperidine rings is 2. The second-order valence-corrected chi connectivity index (χ2v) is 7.80. The Kier molecular flexibility index (Phi) is 5.60. The monoisotopic (exact) mass is 335 g/mol. The molecule has 2 aliphatic heterocycles. The summed E-state index contributed by atoms with van der Waals surface area (Å²) >= 11 is 5.94. The third-order valence-electron chi connectivity index (χ3n) is 5.38. The molecule has 4 heteroatoms. The van der Waals surface area contributed by atoms with Crippen molar-refractivity contribution in [2.45, 2.75) is 39.2 Å². The van der Waals surface area contributed by atoms with Gasteiger partial charge < -0.3 is 9.80 Å². The summed E-state index contributed by atoms with van der Waals surface area (Å²) in [5, 5.41) is 0.795. The summed E-state index contributed by atoms with van der Waals surface area (Å²) in [6, 6.07) is 8.15. The molecule has 23 heavy (non-hydrogen) atoms. The van der Waals surface area contributed by atoms with Crippen molar-refractivity contribution < 1.29 is 9.69 Å². The zero-order valence-electron chi connectivity index (χ0n) is 14.1. The number of amides is 1. The number of carbonyl (C=O) groups is 1. The van der Waals surface area contributed by atoms with Crippen LogP contribution in [0.4, 0.5) is 0 Å². The second kappa shape index (κ2) is 7.67. The van der Waals surface area contributed by atoms with Gasteiger partial charge in [-0.25, -0.2) is 0 Å². The number of hydrogen-bond donors (Lipinski definition) is 1. The van der Waals surface area contributed by atoms with E-state index in [9.17, 15) is 4.79 Å². The van der Waals surface area contributed by atoms with Crippen molar-refractivity contribution in [3.63, 3.8) is 0 Å². The van der Waals surface area contributed by atoms with Crippen LogP contribution in [0.15, 0.2) is 24.3 Å². The molecule has 0 aromatic heterocycles. The van der Waals surface area contributed by atoms with Crippen molar-refractivity contribution >= 4 is 17.5 Å². The predicted octanol–water partition coefficient (Wildman–Crippen LogP) is 2.39. The molecule has 0 unspecified atom stereocenters. The van der Waals surface area contributed by atoms with Crippen LogP contribution in [0.5, 0.6) is 0 Å². The second-order valence-electron chi connectivity index (χ2n) is 7.36. The summed E-state index contributed by atoms with van der Waals surface area (Å²) in [5.41, 5.74) is 1.33. The van der Waals surface area contributed by atoms with Gasteiger partial charge in [0.15, 0.2) is 0 Å². The van der Waals surface area contributed by atoms with E-state index in [1.54, 1.807) is 4.90 Å². The molecule has 0 bridgehead atoms. The van der Waals surface area contributed by atoms with Gasteiger partial charge in [0, 0.05) is 42.4 Å². The number of quaternary nitrogens is 1. The molecule has 2 fully saturated rings. The number of nitrogens with one attached hydrogen (secondary N) is 1. The van der Waals surface area contributed by atoms with E-state index in [4.69, 9.17) is 11.6 Å². The molecular formula is C19H28ClN2O+. The molecule has 2 aliphatic rings. The summed E-state index contributed by atoms with van der Waals surface area (Å²) in [7, 11) is 0. The quantitative estimate of drug-likeness (QED) is 0.901. The Labute approximate surface area is 144 Å². The van der Waals surface area contributed by atoms with E-state index >= 15 is 0 Å². The summed E-state index contributed by atoms with van der Waals surface area (Å²) in [5.74, 6) is 1.35. The van der Waals surface area contributed by atoms with Crippen LogP contribution < -0.4 is 4.90 Å². The molecule has 3 rings (SSSR count). The molecule has 2 heterocycles. The molecule has 3 nitrogen and oxygen atoms in total. The fraction of sp³-hybridized carbons (Fsp3) is 0.632. The SMILES string of the molecule is C[C@H]1CCCN(C(=O)C2CC[NH+](Cc3ccc(Cl)cc3)CC2)C1.